The normalized spacial score (nSPS) is 12.6. The molecule has 4 heteroatoms. The molecule has 22 heavy (non-hydrogen) atoms. The molecular formula is C18H16O4. The number of carbonyl (C=O) groups is 1. The molecule has 1 aliphatic rings. The van der Waals surface area contributed by atoms with Crippen LogP contribution in [0.3, 0.4) is 0 Å². The summed E-state index contributed by atoms with van der Waals surface area (Å²) in [7, 11) is 0. The maximum atomic E-state index is 12.2. The fourth-order valence-corrected chi connectivity index (χ4v) is 2.19. The number of ether oxygens (including phenoxy) is 3. The van der Waals surface area contributed by atoms with Crippen LogP contribution in [0.4, 0.5) is 0 Å². The summed E-state index contributed by atoms with van der Waals surface area (Å²) in [6.07, 6.45) is 3.32. The zero-order chi connectivity index (χ0) is 15.4. The lowest BCUT2D eigenvalue weighted by Gasteiger charge is -2.03. The van der Waals surface area contributed by atoms with E-state index in [1.165, 1.54) is 0 Å². The van der Waals surface area contributed by atoms with Crippen molar-refractivity contribution in [2.24, 2.45) is 0 Å². The molecule has 1 heterocycles. The zero-order valence-corrected chi connectivity index (χ0v) is 12.2. The van der Waals surface area contributed by atoms with E-state index in [1.54, 1.807) is 30.4 Å². The molecule has 0 bridgehead atoms. The number of carbonyl (C=O) groups excluding carboxylic acids is 1. The molecule has 0 saturated carbocycles. The maximum absolute atomic E-state index is 12.2. The van der Waals surface area contributed by atoms with E-state index < -0.39 is 0 Å². The highest BCUT2D eigenvalue weighted by Gasteiger charge is 2.14. The predicted molar refractivity (Wildman–Crippen MR) is 83.5 cm³/mol. The Hall–Kier alpha value is -2.75. The van der Waals surface area contributed by atoms with E-state index in [0.717, 1.165) is 11.3 Å². The number of allylic oxidation sites excluding steroid dienone is 1. The molecule has 0 N–H and O–H groups in total. The first kappa shape index (κ1) is 14.2. The SMILES string of the molecule is CCOc1cccc(/C=C/C(=O)c2ccc3c(c2)OCO3)c1. The minimum absolute atomic E-state index is 0.0832. The van der Waals surface area contributed by atoms with Crippen LogP contribution >= 0.6 is 0 Å². The topological polar surface area (TPSA) is 44.8 Å². The molecular weight excluding hydrogens is 280 g/mol. The van der Waals surface area contributed by atoms with Gasteiger partial charge in [0.05, 0.1) is 6.61 Å². The van der Waals surface area contributed by atoms with Crippen LogP contribution in [-0.4, -0.2) is 19.2 Å². The molecule has 0 atom stereocenters. The second-order valence-electron chi connectivity index (χ2n) is 4.77. The van der Waals surface area contributed by atoms with Gasteiger partial charge in [-0.25, -0.2) is 0 Å². The third-order valence-electron chi connectivity index (χ3n) is 3.25. The van der Waals surface area contributed by atoms with Crippen molar-refractivity contribution in [2.75, 3.05) is 13.4 Å². The molecule has 0 aliphatic carbocycles. The first-order valence-corrected chi connectivity index (χ1v) is 7.11. The van der Waals surface area contributed by atoms with Crippen molar-refractivity contribution in [3.63, 3.8) is 0 Å². The zero-order valence-electron chi connectivity index (χ0n) is 12.2. The number of hydrogen-bond donors (Lipinski definition) is 0. The molecule has 0 aromatic heterocycles. The largest absolute Gasteiger partial charge is 0.494 e. The second-order valence-corrected chi connectivity index (χ2v) is 4.77. The van der Waals surface area contributed by atoms with Crippen molar-refractivity contribution in [3.05, 3.63) is 59.7 Å². The van der Waals surface area contributed by atoms with Gasteiger partial charge in [-0.2, -0.15) is 0 Å². The van der Waals surface area contributed by atoms with Gasteiger partial charge in [0.15, 0.2) is 17.3 Å². The minimum atomic E-state index is -0.0832. The lowest BCUT2D eigenvalue weighted by atomic mass is 10.1. The molecule has 112 valence electrons. The number of hydrogen-bond acceptors (Lipinski definition) is 4. The van der Waals surface area contributed by atoms with Gasteiger partial charge in [0.25, 0.3) is 0 Å². The van der Waals surface area contributed by atoms with Crippen molar-refractivity contribution < 1.29 is 19.0 Å². The number of benzene rings is 2. The Morgan fingerprint density at radius 3 is 2.91 bits per heavy atom. The number of rotatable bonds is 5. The molecule has 2 aromatic carbocycles. The summed E-state index contributed by atoms with van der Waals surface area (Å²) >= 11 is 0. The summed E-state index contributed by atoms with van der Waals surface area (Å²) in [6.45, 7) is 2.75. The highest BCUT2D eigenvalue weighted by Crippen LogP contribution is 2.32. The van der Waals surface area contributed by atoms with Crippen molar-refractivity contribution in [1.82, 2.24) is 0 Å². The Balaban J connectivity index is 1.74. The van der Waals surface area contributed by atoms with Gasteiger partial charge in [0, 0.05) is 5.56 Å². The quantitative estimate of drug-likeness (QED) is 0.623. The summed E-state index contributed by atoms with van der Waals surface area (Å²) in [5.74, 6) is 1.99. The molecule has 0 saturated heterocycles. The van der Waals surface area contributed by atoms with E-state index in [2.05, 4.69) is 0 Å². The van der Waals surface area contributed by atoms with Crippen molar-refractivity contribution in [1.29, 1.82) is 0 Å². The smallest absolute Gasteiger partial charge is 0.231 e. The van der Waals surface area contributed by atoms with Crippen LogP contribution in [0.15, 0.2) is 48.5 Å². The summed E-state index contributed by atoms with van der Waals surface area (Å²) in [6, 6.07) is 12.8. The van der Waals surface area contributed by atoms with Gasteiger partial charge in [0.1, 0.15) is 5.75 Å². The molecule has 0 spiro atoms. The van der Waals surface area contributed by atoms with Gasteiger partial charge in [-0.15, -0.1) is 0 Å². The van der Waals surface area contributed by atoms with E-state index in [0.29, 0.717) is 23.7 Å². The van der Waals surface area contributed by atoms with E-state index in [9.17, 15) is 4.79 Å². The predicted octanol–water partition coefficient (Wildman–Crippen LogP) is 3.71. The molecule has 0 fully saturated rings. The van der Waals surface area contributed by atoms with Gasteiger partial charge >= 0.3 is 0 Å². The summed E-state index contributed by atoms with van der Waals surface area (Å²) < 4.78 is 16.0. The monoisotopic (exact) mass is 296 g/mol. The molecule has 2 aromatic rings. The first-order valence-electron chi connectivity index (χ1n) is 7.11. The van der Waals surface area contributed by atoms with Gasteiger partial charge < -0.3 is 14.2 Å². The van der Waals surface area contributed by atoms with Crippen LogP contribution in [0.5, 0.6) is 17.2 Å². The molecule has 0 amide bonds. The average molecular weight is 296 g/mol. The molecule has 0 unspecified atom stereocenters. The molecule has 0 radical (unpaired) electrons. The lowest BCUT2D eigenvalue weighted by molar-refractivity contribution is 0.104. The Labute approximate surface area is 128 Å². The average Bonchev–Trinajstić information content (AvgIpc) is 3.01. The number of ketones is 1. The van der Waals surface area contributed by atoms with Crippen molar-refractivity contribution in [2.45, 2.75) is 6.92 Å². The van der Waals surface area contributed by atoms with Gasteiger partial charge in [-0.1, -0.05) is 18.2 Å². The van der Waals surface area contributed by atoms with Crippen molar-refractivity contribution in [3.8, 4) is 17.2 Å². The fraction of sp³-hybridized carbons (Fsp3) is 0.167. The second kappa shape index (κ2) is 6.35. The summed E-state index contributed by atoms with van der Waals surface area (Å²) in [5, 5.41) is 0. The van der Waals surface area contributed by atoms with Gasteiger partial charge in [-0.3, -0.25) is 4.79 Å². The molecule has 3 rings (SSSR count). The molecule has 4 nitrogen and oxygen atoms in total. The van der Waals surface area contributed by atoms with Crippen LogP contribution in [0.2, 0.25) is 0 Å². The van der Waals surface area contributed by atoms with Crippen LogP contribution in [-0.2, 0) is 0 Å². The van der Waals surface area contributed by atoms with E-state index >= 15 is 0 Å². The van der Waals surface area contributed by atoms with E-state index in [-0.39, 0.29) is 12.6 Å². The third kappa shape index (κ3) is 3.11. The van der Waals surface area contributed by atoms with Crippen molar-refractivity contribution >= 4 is 11.9 Å². The highest BCUT2D eigenvalue weighted by atomic mass is 16.7. The van der Waals surface area contributed by atoms with Crippen LogP contribution in [0.1, 0.15) is 22.8 Å². The summed E-state index contributed by atoms with van der Waals surface area (Å²) in [5.41, 5.74) is 1.49. The van der Waals surface area contributed by atoms with Crippen LogP contribution in [0, 0.1) is 0 Å². The minimum Gasteiger partial charge on any atom is -0.494 e. The Morgan fingerprint density at radius 2 is 2.05 bits per heavy atom. The van der Waals surface area contributed by atoms with Gasteiger partial charge in [-0.05, 0) is 48.9 Å². The summed E-state index contributed by atoms with van der Waals surface area (Å²) in [4.78, 5) is 12.2. The number of fused-ring (bicyclic) bond motifs is 1. The molecule has 1 aliphatic heterocycles. The first-order chi connectivity index (χ1) is 10.8. The van der Waals surface area contributed by atoms with E-state index in [1.807, 2.05) is 31.2 Å². The Bertz CT molecular complexity index is 719. The maximum Gasteiger partial charge on any atom is 0.231 e. The van der Waals surface area contributed by atoms with Crippen LogP contribution in [0.25, 0.3) is 6.08 Å². The van der Waals surface area contributed by atoms with Crippen LogP contribution < -0.4 is 14.2 Å². The Kier molecular flexibility index (Phi) is 4.10. The van der Waals surface area contributed by atoms with Gasteiger partial charge in [0.2, 0.25) is 6.79 Å². The highest BCUT2D eigenvalue weighted by molar-refractivity contribution is 6.07. The van der Waals surface area contributed by atoms with E-state index in [4.69, 9.17) is 14.2 Å². The lowest BCUT2D eigenvalue weighted by Crippen LogP contribution is -1.94. The third-order valence-corrected chi connectivity index (χ3v) is 3.25. The fourth-order valence-electron chi connectivity index (χ4n) is 2.19. The Morgan fingerprint density at radius 1 is 1.18 bits per heavy atom. The standard InChI is InChI=1S/C18H16O4/c1-2-20-15-5-3-4-13(10-15)6-8-16(19)14-7-9-17-18(11-14)22-12-21-17/h3-11H,2,12H2,1H3/b8-6+.